The zero-order valence-electron chi connectivity index (χ0n) is 7.61. The molecular weight excluding hydrogens is 260 g/mol. The van der Waals surface area contributed by atoms with Crippen LogP contribution >= 0.6 is 15.9 Å². The smallest absolute Gasteiger partial charge is 0.274 e. The molecule has 2 rings (SSSR count). The van der Waals surface area contributed by atoms with E-state index in [1.54, 1.807) is 6.07 Å². The molecule has 0 fully saturated rings. The molecule has 0 spiro atoms. The van der Waals surface area contributed by atoms with Crippen LogP contribution in [0.15, 0.2) is 50.6 Å². The van der Waals surface area contributed by atoms with E-state index in [1.165, 1.54) is 16.8 Å². The van der Waals surface area contributed by atoms with Gasteiger partial charge >= 0.3 is 5.69 Å². The Morgan fingerprint density at radius 1 is 1.13 bits per heavy atom. The number of aromatic amines is 1. The number of halogens is 1. The second-order valence-corrected chi connectivity index (χ2v) is 3.79. The van der Waals surface area contributed by atoms with Gasteiger partial charge in [0.2, 0.25) is 0 Å². The Kier molecular flexibility index (Phi) is 2.55. The molecule has 0 atom stereocenters. The van der Waals surface area contributed by atoms with Gasteiger partial charge in [0.25, 0.3) is 5.56 Å². The predicted molar refractivity (Wildman–Crippen MR) is 60.4 cm³/mol. The van der Waals surface area contributed by atoms with Gasteiger partial charge in [-0.3, -0.25) is 14.3 Å². The zero-order valence-corrected chi connectivity index (χ0v) is 9.19. The number of nitrogens with zero attached hydrogens (tertiary/aromatic N) is 1. The quantitative estimate of drug-likeness (QED) is 0.846. The third-order valence-corrected chi connectivity index (χ3v) is 2.61. The van der Waals surface area contributed by atoms with Crippen molar-refractivity contribution in [3.05, 3.63) is 61.8 Å². The second kappa shape index (κ2) is 3.86. The van der Waals surface area contributed by atoms with Crippen LogP contribution < -0.4 is 11.2 Å². The van der Waals surface area contributed by atoms with Crippen LogP contribution in [0.25, 0.3) is 5.69 Å². The summed E-state index contributed by atoms with van der Waals surface area (Å²) in [4.78, 5) is 24.6. The second-order valence-electron chi connectivity index (χ2n) is 2.93. The number of H-pyrrole nitrogens is 1. The van der Waals surface area contributed by atoms with Crippen molar-refractivity contribution in [2.45, 2.75) is 0 Å². The number of hydrogen-bond donors (Lipinski definition) is 1. The largest absolute Gasteiger partial charge is 0.332 e. The lowest BCUT2D eigenvalue weighted by Crippen LogP contribution is -2.27. The van der Waals surface area contributed by atoms with Gasteiger partial charge < -0.3 is 0 Å². The molecule has 15 heavy (non-hydrogen) atoms. The van der Waals surface area contributed by atoms with E-state index >= 15 is 0 Å². The molecule has 0 amide bonds. The summed E-state index contributed by atoms with van der Waals surface area (Å²) in [6.07, 6.45) is 1.45. The first-order valence-electron chi connectivity index (χ1n) is 4.25. The average Bonchev–Trinajstić information content (AvgIpc) is 2.20. The Morgan fingerprint density at radius 3 is 2.53 bits per heavy atom. The Balaban J connectivity index is 2.70. The molecule has 5 heteroatoms. The maximum absolute atomic E-state index is 11.5. The molecular formula is C10H7BrN2O2. The summed E-state index contributed by atoms with van der Waals surface area (Å²) in [6.45, 7) is 0. The van der Waals surface area contributed by atoms with Gasteiger partial charge in [-0.15, -0.1) is 0 Å². The summed E-state index contributed by atoms with van der Waals surface area (Å²) in [5.41, 5.74) is -0.156. The molecule has 0 bridgehead atoms. The van der Waals surface area contributed by atoms with Crippen LogP contribution in [0.2, 0.25) is 0 Å². The van der Waals surface area contributed by atoms with Gasteiger partial charge in [0.15, 0.2) is 0 Å². The highest BCUT2D eigenvalue weighted by molar-refractivity contribution is 9.10. The standard InChI is InChI=1S/C10H7BrN2O2/c11-7-3-1-2-4-8(7)13-6-5-9(14)12-10(13)15/h1-6H,(H,12,14,15). The monoisotopic (exact) mass is 266 g/mol. The van der Waals surface area contributed by atoms with E-state index in [-0.39, 0.29) is 0 Å². The topological polar surface area (TPSA) is 54.9 Å². The Hall–Kier alpha value is -1.62. The number of hydrogen-bond acceptors (Lipinski definition) is 2. The Labute approximate surface area is 93.3 Å². The minimum Gasteiger partial charge on any atom is -0.274 e. The summed E-state index contributed by atoms with van der Waals surface area (Å²) in [5, 5.41) is 0. The molecule has 0 aliphatic carbocycles. The Morgan fingerprint density at radius 2 is 1.87 bits per heavy atom. The summed E-state index contributed by atoms with van der Waals surface area (Å²) >= 11 is 3.33. The van der Waals surface area contributed by atoms with Crippen molar-refractivity contribution >= 4 is 15.9 Å². The van der Waals surface area contributed by atoms with Gasteiger partial charge in [-0.1, -0.05) is 12.1 Å². The van der Waals surface area contributed by atoms with E-state index in [9.17, 15) is 9.59 Å². The molecule has 2 aromatic rings. The van der Waals surface area contributed by atoms with Gasteiger partial charge in [-0.2, -0.15) is 0 Å². The highest BCUT2D eigenvalue weighted by atomic mass is 79.9. The molecule has 0 unspecified atom stereocenters. The molecule has 0 aliphatic heterocycles. The van der Waals surface area contributed by atoms with Crippen LogP contribution in [-0.2, 0) is 0 Å². The summed E-state index contributed by atoms with van der Waals surface area (Å²) < 4.78 is 2.16. The van der Waals surface area contributed by atoms with Crippen molar-refractivity contribution in [3.63, 3.8) is 0 Å². The third kappa shape index (κ3) is 1.92. The maximum atomic E-state index is 11.5. The van der Waals surface area contributed by atoms with E-state index < -0.39 is 11.2 Å². The average molecular weight is 267 g/mol. The van der Waals surface area contributed by atoms with Gasteiger partial charge in [-0.25, -0.2) is 4.79 Å². The summed E-state index contributed by atoms with van der Waals surface area (Å²) in [6, 6.07) is 8.58. The van der Waals surface area contributed by atoms with E-state index in [0.29, 0.717) is 5.69 Å². The van der Waals surface area contributed by atoms with E-state index in [0.717, 1.165) is 4.47 Å². The third-order valence-electron chi connectivity index (χ3n) is 1.94. The molecule has 0 radical (unpaired) electrons. The first kappa shape index (κ1) is 9.92. The van der Waals surface area contributed by atoms with E-state index in [4.69, 9.17) is 0 Å². The van der Waals surface area contributed by atoms with Crippen molar-refractivity contribution < 1.29 is 0 Å². The first-order valence-corrected chi connectivity index (χ1v) is 5.05. The Bertz CT molecular complexity index is 601. The normalized spacial score (nSPS) is 10.2. The van der Waals surface area contributed by atoms with E-state index in [1.807, 2.05) is 18.2 Å². The van der Waals surface area contributed by atoms with Gasteiger partial charge in [0, 0.05) is 16.7 Å². The molecule has 1 aromatic carbocycles. The fourth-order valence-electron chi connectivity index (χ4n) is 1.25. The summed E-state index contributed by atoms with van der Waals surface area (Å²) in [7, 11) is 0. The number of aromatic nitrogens is 2. The van der Waals surface area contributed by atoms with Crippen LogP contribution in [0.5, 0.6) is 0 Å². The number of rotatable bonds is 1. The molecule has 1 heterocycles. The van der Waals surface area contributed by atoms with Crippen LogP contribution in [-0.4, -0.2) is 9.55 Å². The molecule has 0 saturated heterocycles. The lowest BCUT2D eigenvalue weighted by Gasteiger charge is -2.05. The maximum Gasteiger partial charge on any atom is 0.332 e. The van der Waals surface area contributed by atoms with E-state index in [2.05, 4.69) is 20.9 Å². The van der Waals surface area contributed by atoms with Crippen LogP contribution in [0.4, 0.5) is 0 Å². The minimum absolute atomic E-state index is 0.400. The van der Waals surface area contributed by atoms with Gasteiger partial charge in [0.05, 0.1) is 5.69 Å². The van der Waals surface area contributed by atoms with Crippen LogP contribution in [0.3, 0.4) is 0 Å². The minimum atomic E-state index is -0.450. The van der Waals surface area contributed by atoms with Crippen LogP contribution in [0, 0.1) is 0 Å². The number of benzene rings is 1. The van der Waals surface area contributed by atoms with Gasteiger partial charge in [-0.05, 0) is 28.1 Å². The molecule has 76 valence electrons. The van der Waals surface area contributed by atoms with Crippen molar-refractivity contribution in [1.82, 2.24) is 9.55 Å². The highest BCUT2D eigenvalue weighted by Crippen LogP contribution is 2.17. The van der Waals surface area contributed by atoms with Gasteiger partial charge in [0.1, 0.15) is 0 Å². The van der Waals surface area contributed by atoms with Crippen molar-refractivity contribution in [2.75, 3.05) is 0 Å². The predicted octanol–water partition coefficient (Wildman–Crippen LogP) is 1.29. The summed E-state index contributed by atoms with van der Waals surface area (Å²) in [5.74, 6) is 0. The fourth-order valence-corrected chi connectivity index (χ4v) is 1.73. The van der Waals surface area contributed by atoms with Crippen LogP contribution in [0.1, 0.15) is 0 Å². The fraction of sp³-hybridized carbons (Fsp3) is 0. The number of para-hydroxylation sites is 1. The first-order chi connectivity index (χ1) is 7.18. The zero-order chi connectivity index (χ0) is 10.8. The molecule has 1 N–H and O–H groups in total. The van der Waals surface area contributed by atoms with Crippen molar-refractivity contribution in [3.8, 4) is 5.69 Å². The molecule has 4 nitrogen and oxygen atoms in total. The molecule has 1 aromatic heterocycles. The molecule has 0 aliphatic rings. The van der Waals surface area contributed by atoms with Crippen molar-refractivity contribution in [1.29, 1.82) is 0 Å². The number of nitrogens with one attached hydrogen (secondary N) is 1. The lowest BCUT2D eigenvalue weighted by molar-refractivity contribution is 0.892. The highest BCUT2D eigenvalue weighted by Gasteiger charge is 2.02. The SMILES string of the molecule is O=c1ccn(-c2ccccc2Br)c(=O)[nH]1. The lowest BCUT2D eigenvalue weighted by atomic mass is 10.3. The molecule has 0 saturated carbocycles. The van der Waals surface area contributed by atoms with Crippen molar-refractivity contribution in [2.24, 2.45) is 0 Å².